The Labute approximate surface area is 80.9 Å². The largest absolute Gasteiger partial charge is 0.324 e. The van der Waals surface area contributed by atoms with Crippen LogP contribution in [0.3, 0.4) is 0 Å². The maximum Gasteiger partial charge on any atom is 0.0843 e. The van der Waals surface area contributed by atoms with Crippen LogP contribution >= 0.6 is 43.2 Å². The predicted molar refractivity (Wildman–Crippen MR) is 52.3 cm³/mol. The lowest BCUT2D eigenvalue weighted by Gasteiger charge is -1.96. The van der Waals surface area contributed by atoms with Crippen LogP contribution in [0.5, 0.6) is 0 Å². The molecule has 0 radical (unpaired) electrons. The van der Waals surface area contributed by atoms with Gasteiger partial charge in [-0.2, -0.15) is 0 Å². The third-order valence-electron chi connectivity index (χ3n) is 1.11. The minimum Gasteiger partial charge on any atom is -0.324 e. The zero-order chi connectivity index (χ0) is 7.72. The second-order valence-electron chi connectivity index (χ2n) is 2.06. The van der Waals surface area contributed by atoms with Gasteiger partial charge >= 0.3 is 0 Å². The highest BCUT2D eigenvalue weighted by Crippen LogP contribution is 2.34. The van der Waals surface area contributed by atoms with Crippen molar-refractivity contribution in [1.82, 2.24) is 0 Å². The summed E-state index contributed by atoms with van der Waals surface area (Å²) >= 11 is 8.46. The van der Waals surface area contributed by atoms with Gasteiger partial charge in [0.1, 0.15) is 0 Å². The molecule has 2 N–H and O–H groups in total. The first-order valence-corrected chi connectivity index (χ1v) is 5.22. The molecule has 10 heavy (non-hydrogen) atoms. The third-order valence-corrected chi connectivity index (χ3v) is 4.57. The highest BCUT2D eigenvalue weighted by atomic mass is 79.9. The molecule has 56 valence electrons. The maximum atomic E-state index is 5.66. The fourth-order valence-corrected chi connectivity index (χ4v) is 2.63. The van der Waals surface area contributed by atoms with Crippen LogP contribution in [0, 0.1) is 0 Å². The Morgan fingerprint density at radius 2 is 2.20 bits per heavy atom. The Morgan fingerprint density at radius 3 is 2.40 bits per heavy atom. The van der Waals surface area contributed by atoms with E-state index in [4.69, 9.17) is 5.73 Å². The summed E-state index contributed by atoms with van der Waals surface area (Å²) in [6.07, 6.45) is 0. The molecule has 0 saturated carbocycles. The van der Waals surface area contributed by atoms with Gasteiger partial charge in [0.05, 0.1) is 3.79 Å². The molecule has 0 aromatic carbocycles. The van der Waals surface area contributed by atoms with Crippen LogP contribution in [-0.4, -0.2) is 0 Å². The van der Waals surface area contributed by atoms with E-state index in [-0.39, 0.29) is 6.04 Å². The van der Waals surface area contributed by atoms with Gasteiger partial charge in [-0.25, -0.2) is 0 Å². The lowest BCUT2D eigenvalue weighted by atomic mass is 10.3. The molecule has 0 fully saturated rings. The number of thiophene rings is 1. The molecule has 1 unspecified atom stereocenters. The molecular weight excluding hydrogens is 278 g/mol. The van der Waals surface area contributed by atoms with Crippen molar-refractivity contribution >= 4 is 43.2 Å². The van der Waals surface area contributed by atoms with Crippen LogP contribution in [0.25, 0.3) is 0 Å². The van der Waals surface area contributed by atoms with E-state index >= 15 is 0 Å². The summed E-state index contributed by atoms with van der Waals surface area (Å²) in [7, 11) is 0. The second kappa shape index (κ2) is 3.34. The minimum atomic E-state index is 0.132. The predicted octanol–water partition coefficient (Wildman–Crippen LogP) is 3.29. The van der Waals surface area contributed by atoms with E-state index < -0.39 is 0 Å². The van der Waals surface area contributed by atoms with Gasteiger partial charge in [-0.1, -0.05) is 0 Å². The van der Waals surface area contributed by atoms with Gasteiger partial charge in [0.15, 0.2) is 0 Å². The molecule has 1 atom stereocenters. The number of hydrogen-bond donors (Lipinski definition) is 1. The zero-order valence-electron chi connectivity index (χ0n) is 5.40. The first kappa shape index (κ1) is 8.71. The molecule has 1 nitrogen and oxygen atoms in total. The molecule has 0 aliphatic heterocycles. The smallest absolute Gasteiger partial charge is 0.0843 e. The van der Waals surface area contributed by atoms with Gasteiger partial charge in [-0.05, 0) is 44.8 Å². The van der Waals surface area contributed by atoms with Crippen LogP contribution in [0.4, 0.5) is 0 Å². The molecule has 1 aromatic heterocycles. The van der Waals surface area contributed by atoms with Gasteiger partial charge in [0, 0.05) is 15.4 Å². The molecule has 0 spiro atoms. The van der Waals surface area contributed by atoms with Crippen LogP contribution in [0.2, 0.25) is 0 Å². The number of hydrogen-bond acceptors (Lipinski definition) is 2. The number of rotatable bonds is 1. The van der Waals surface area contributed by atoms with Crippen LogP contribution in [0.15, 0.2) is 14.3 Å². The van der Waals surface area contributed by atoms with Crippen LogP contribution in [0.1, 0.15) is 17.8 Å². The summed E-state index contributed by atoms with van der Waals surface area (Å²) in [5.41, 5.74) is 5.66. The summed E-state index contributed by atoms with van der Waals surface area (Å²) in [4.78, 5) is 1.19. The van der Waals surface area contributed by atoms with Crippen molar-refractivity contribution in [3.05, 3.63) is 19.2 Å². The van der Waals surface area contributed by atoms with E-state index in [2.05, 4.69) is 31.9 Å². The van der Waals surface area contributed by atoms with E-state index in [0.717, 1.165) is 8.26 Å². The monoisotopic (exact) mass is 283 g/mol. The molecule has 0 bridgehead atoms. The topological polar surface area (TPSA) is 26.0 Å². The maximum absolute atomic E-state index is 5.66. The van der Waals surface area contributed by atoms with Crippen LogP contribution in [-0.2, 0) is 0 Å². The Kier molecular flexibility index (Phi) is 2.91. The van der Waals surface area contributed by atoms with Crippen molar-refractivity contribution in [3.8, 4) is 0 Å². The lowest BCUT2D eigenvalue weighted by Crippen LogP contribution is -2.01. The molecule has 0 aliphatic carbocycles. The average Bonchev–Trinajstić information content (AvgIpc) is 2.13. The van der Waals surface area contributed by atoms with Crippen molar-refractivity contribution < 1.29 is 0 Å². The van der Waals surface area contributed by atoms with E-state index in [9.17, 15) is 0 Å². The lowest BCUT2D eigenvalue weighted by molar-refractivity contribution is 0.838. The van der Waals surface area contributed by atoms with E-state index in [1.807, 2.05) is 13.0 Å². The first-order valence-electron chi connectivity index (χ1n) is 2.81. The Balaban J connectivity index is 2.98. The molecule has 0 amide bonds. The first-order chi connectivity index (χ1) is 4.61. The SMILES string of the molecule is CC(N)c1cc(Br)c(Br)s1. The Hall–Kier alpha value is 0.620. The van der Waals surface area contributed by atoms with E-state index in [0.29, 0.717) is 0 Å². The molecule has 4 heteroatoms. The summed E-state index contributed by atoms with van der Waals surface area (Å²) < 4.78 is 2.20. The highest BCUT2D eigenvalue weighted by molar-refractivity contribution is 9.13. The second-order valence-corrected chi connectivity index (χ2v) is 5.32. The van der Waals surface area contributed by atoms with E-state index in [1.165, 1.54) is 4.88 Å². The van der Waals surface area contributed by atoms with Crippen LogP contribution < -0.4 is 5.73 Å². The van der Waals surface area contributed by atoms with Gasteiger partial charge in [-0.15, -0.1) is 11.3 Å². The summed E-state index contributed by atoms with van der Waals surface area (Å²) in [6.45, 7) is 1.98. The summed E-state index contributed by atoms with van der Waals surface area (Å²) in [6, 6.07) is 2.17. The molecule has 1 rings (SSSR count). The Morgan fingerprint density at radius 1 is 1.60 bits per heavy atom. The average molecular weight is 285 g/mol. The van der Waals surface area contributed by atoms with E-state index in [1.54, 1.807) is 11.3 Å². The fraction of sp³-hybridized carbons (Fsp3) is 0.333. The fourth-order valence-electron chi connectivity index (χ4n) is 0.588. The third kappa shape index (κ3) is 1.81. The van der Waals surface area contributed by atoms with Crippen molar-refractivity contribution in [2.75, 3.05) is 0 Å². The van der Waals surface area contributed by atoms with Crippen molar-refractivity contribution in [2.45, 2.75) is 13.0 Å². The molecule has 0 saturated heterocycles. The molecule has 1 aromatic rings. The highest BCUT2D eigenvalue weighted by Gasteiger charge is 2.06. The number of nitrogens with two attached hydrogens (primary N) is 1. The zero-order valence-corrected chi connectivity index (χ0v) is 9.38. The van der Waals surface area contributed by atoms with Gasteiger partial charge in [0.2, 0.25) is 0 Å². The summed E-state index contributed by atoms with van der Waals surface area (Å²) in [5, 5.41) is 0. The standard InChI is InChI=1S/C6H7Br2NS/c1-3(9)5-2-4(7)6(8)10-5/h2-3H,9H2,1H3. The molecule has 1 heterocycles. The van der Waals surface area contributed by atoms with Gasteiger partial charge < -0.3 is 5.73 Å². The van der Waals surface area contributed by atoms with Crippen molar-refractivity contribution in [2.24, 2.45) is 5.73 Å². The minimum absolute atomic E-state index is 0.132. The van der Waals surface area contributed by atoms with Gasteiger partial charge in [0.25, 0.3) is 0 Å². The Bertz CT molecular complexity index is 212. The molecule has 0 aliphatic rings. The van der Waals surface area contributed by atoms with Crippen molar-refractivity contribution in [3.63, 3.8) is 0 Å². The summed E-state index contributed by atoms with van der Waals surface area (Å²) in [5.74, 6) is 0. The molecular formula is C6H7Br2NS. The number of halogens is 2. The van der Waals surface area contributed by atoms with Crippen molar-refractivity contribution in [1.29, 1.82) is 0 Å². The normalized spacial score (nSPS) is 13.6. The van der Waals surface area contributed by atoms with Gasteiger partial charge in [-0.3, -0.25) is 0 Å². The quantitative estimate of drug-likeness (QED) is 0.841.